The van der Waals surface area contributed by atoms with Gasteiger partial charge in [-0.2, -0.15) is 0 Å². The van der Waals surface area contributed by atoms with Crippen molar-refractivity contribution < 1.29 is 19.1 Å². The zero-order valence-electron chi connectivity index (χ0n) is 14.1. The van der Waals surface area contributed by atoms with Gasteiger partial charge in [0.2, 0.25) is 5.91 Å². The fraction of sp³-hybridized carbons (Fsp3) is 0.529. The molecule has 6 heteroatoms. The van der Waals surface area contributed by atoms with Gasteiger partial charge < -0.3 is 19.7 Å². The molecule has 0 spiro atoms. The van der Waals surface area contributed by atoms with E-state index in [1.807, 2.05) is 27.7 Å². The molecule has 2 amide bonds. The van der Waals surface area contributed by atoms with E-state index >= 15 is 0 Å². The highest BCUT2D eigenvalue weighted by atomic mass is 16.6. The number of carbonyl (C=O) groups excluding carboxylic acids is 2. The number of nitrogens with zero attached hydrogens (tertiary/aromatic N) is 1. The van der Waals surface area contributed by atoms with Crippen LogP contribution in [0.4, 0.5) is 0 Å². The fourth-order valence-electron chi connectivity index (χ4n) is 2.32. The minimum absolute atomic E-state index is 0.0288. The second-order valence-electron chi connectivity index (χ2n) is 6.48. The summed E-state index contributed by atoms with van der Waals surface area (Å²) in [7, 11) is 0. The second-order valence-corrected chi connectivity index (χ2v) is 6.48. The summed E-state index contributed by atoms with van der Waals surface area (Å²) in [6, 6.07) is 5.09. The van der Waals surface area contributed by atoms with Gasteiger partial charge in [-0.05, 0) is 45.9 Å². The summed E-state index contributed by atoms with van der Waals surface area (Å²) in [5, 5.41) is 2.86. The van der Waals surface area contributed by atoms with Crippen molar-refractivity contribution in [3.8, 4) is 11.5 Å². The van der Waals surface area contributed by atoms with Crippen LogP contribution in [0.25, 0.3) is 0 Å². The van der Waals surface area contributed by atoms with Crippen LogP contribution in [0.5, 0.6) is 11.5 Å². The Balaban J connectivity index is 2.09. The molecule has 0 fully saturated rings. The van der Waals surface area contributed by atoms with Crippen molar-refractivity contribution in [3.05, 3.63) is 23.8 Å². The lowest BCUT2D eigenvalue weighted by molar-refractivity contribution is -0.123. The third-order valence-corrected chi connectivity index (χ3v) is 3.31. The molecule has 0 radical (unpaired) electrons. The number of carbonyl (C=O) groups is 2. The molecular weight excluding hydrogens is 296 g/mol. The molecule has 1 aliphatic rings. The summed E-state index contributed by atoms with van der Waals surface area (Å²) in [4.78, 5) is 26.2. The highest BCUT2D eigenvalue weighted by Gasteiger charge is 2.22. The lowest BCUT2D eigenvalue weighted by Gasteiger charge is -2.25. The lowest BCUT2D eigenvalue weighted by atomic mass is 10.1. The normalized spacial score (nSPS) is 13.4. The van der Waals surface area contributed by atoms with Gasteiger partial charge in [-0.15, -0.1) is 0 Å². The van der Waals surface area contributed by atoms with Crippen molar-refractivity contribution >= 4 is 11.8 Å². The lowest BCUT2D eigenvalue weighted by Crippen LogP contribution is -2.47. The number of benzene rings is 1. The average molecular weight is 320 g/mol. The zero-order valence-corrected chi connectivity index (χ0v) is 14.1. The Labute approximate surface area is 136 Å². The van der Waals surface area contributed by atoms with Crippen molar-refractivity contribution in [3.63, 3.8) is 0 Å². The van der Waals surface area contributed by atoms with Gasteiger partial charge in [0.25, 0.3) is 5.91 Å². The van der Waals surface area contributed by atoms with Crippen molar-refractivity contribution in [2.24, 2.45) is 0 Å². The molecule has 0 unspecified atom stereocenters. The Morgan fingerprint density at radius 2 is 1.83 bits per heavy atom. The number of likely N-dealkylation sites (N-methyl/N-ethyl adjacent to an activating group) is 1. The molecule has 0 saturated heterocycles. The van der Waals surface area contributed by atoms with Gasteiger partial charge >= 0.3 is 0 Å². The number of nitrogens with one attached hydrogen (secondary N) is 1. The van der Waals surface area contributed by atoms with Crippen LogP contribution in [0.2, 0.25) is 0 Å². The quantitative estimate of drug-likeness (QED) is 0.919. The van der Waals surface area contributed by atoms with Crippen LogP contribution in [0.1, 0.15) is 38.1 Å². The predicted octanol–water partition coefficient (Wildman–Crippen LogP) is 1.83. The van der Waals surface area contributed by atoms with E-state index in [-0.39, 0.29) is 23.9 Å². The van der Waals surface area contributed by atoms with E-state index < -0.39 is 0 Å². The van der Waals surface area contributed by atoms with Gasteiger partial charge in [0.1, 0.15) is 13.2 Å². The van der Waals surface area contributed by atoms with E-state index in [2.05, 4.69) is 5.32 Å². The van der Waals surface area contributed by atoms with Gasteiger partial charge in [0.05, 0.1) is 6.54 Å². The predicted molar refractivity (Wildman–Crippen MR) is 86.9 cm³/mol. The third-order valence-electron chi connectivity index (χ3n) is 3.31. The minimum atomic E-state index is -0.323. The first-order valence-electron chi connectivity index (χ1n) is 7.80. The largest absolute Gasteiger partial charge is 0.486 e. The standard InChI is InChI=1S/C17H24N2O4/c1-5-19(11-15(20)18-17(2,3)4)16(21)12-6-7-13-14(10-12)23-9-8-22-13/h6-7,10H,5,8-9,11H2,1-4H3,(H,18,20). The van der Waals surface area contributed by atoms with E-state index in [1.54, 1.807) is 18.2 Å². The third kappa shape index (κ3) is 4.61. The molecule has 0 aromatic heterocycles. The topological polar surface area (TPSA) is 67.9 Å². The number of fused-ring (bicyclic) bond motifs is 1. The Kier molecular flexibility index (Phi) is 5.13. The van der Waals surface area contributed by atoms with Crippen molar-refractivity contribution in [1.82, 2.24) is 10.2 Å². The van der Waals surface area contributed by atoms with Gasteiger partial charge in [-0.25, -0.2) is 0 Å². The van der Waals surface area contributed by atoms with E-state index in [0.717, 1.165) is 0 Å². The zero-order chi connectivity index (χ0) is 17.0. The molecular formula is C17H24N2O4. The van der Waals surface area contributed by atoms with Crippen molar-refractivity contribution in [2.75, 3.05) is 26.3 Å². The number of amides is 2. The average Bonchev–Trinajstić information content (AvgIpc) is 2.49. The van der Waals surface area contributed by atoms with E-state index in [1.165, 1.54) is 4.90 Å². The fourth-order valence-corrected chi connectivity index (χ4v) is 2.32. The van der Waals surface area contributed by atoms with Gasteiger partial charge in [-0.3, -0.25) is 9.59 Å². The molecule has 1 aromatic carbocycles. The highest BCUT2D eigenvalue weighted by Crippen LogP contribution is 2.31. The van der Waals surface area contributed by atoms with Crippen LogP contribution in [0.15, 0.2) is 18.2 Å². The van der Waals surface area contributed by atoms with Crippen LogP contribution in [0.3, 0.4) is 0 Å². The Morgan fingerprint density at radius 3 is 2.43 bits per heavy atom. The molecule has 23 heavy (non-hydrogen) atoms. The molecule has 0 bridgehead atoms. The van der Waals surface area contributed by atoms with Crippen LogP contribution in [-0.2, 0) is 4.79 Å². The summed E-state index contributed by atoms with van der Waals surface area (Å²) in [5.41, 5.74) is 0.163. The number of hydrogen-bond donors (Lipinski definition) is 1. The molecule has 6 nitrogen and oxygen atoms in total. The molecule has 1 N–H and O–H groups in total. The summed E-state index contributed by atoms with van der Waals surface area (Å²) in [5.74, 6) is 0.831. The van der Waals surface area contributed by atoms with Gasteiger partial charge in [0.15, 0.2) is 11.5 Å². The van der Waals surface area contributed by atoms with Crippen LogP contribution < -0.4 is 14.8 Å². The van der Waals surface area contributed by atoms with Gasteiger partial charge in [0, 0.05) is 17.6 Å². The Hall–Kier alpha value is -2.24. The number of rotatable bonds is 4. The Morgan fingerprint density at radius 1 is 1.17 bits per heavy atom. The monoisotopic (exact) mass is 320 g/mol. The second kappa shape index (κ2) is 6.89. The summed E-state index contributed by atoms with van der Waals surface area (Å²) in [6.07, 6.45) is 0. The van der Waals surface area contributed by atoms with Crippen molar-refractivity contribution in [1.29, 1.82) is 0 Å². The first-order chi connectivity index (χ1) is 10.8. The molecule has 2 rings (SSSR count). The molecule has 1 heterocycles. The smallest absolute Gasteiger partial charge is 0.254 e. The summed E-state index contributed by atoms with van der Waals surface area (Å²) >= 11 is 0. The van der Waals surface area contributed by atoms with E-state index in [4.69, 9.17) is 9.47 Å². The summed E-state index contributed by atoms with van der Waals surface area (Å²) < 4.78 is 10.9. The molecule has 0 atom stereocenters. The first kappa shape index (κ1) is 17.1. The molecule has 0 aliphatic carbocycles. The van der Waals surface area contributed by atoms with E-state index in [0.29, 0.717) is 36.8 Å². The number of hydrogen-bond acceptors (Lipinski definition) is 4. The summed E-state index contributed by atoms with van der Waals surface area (Å²) in [6.45, 7) is 9.02. The first-order valence-corrected chi connectivity index (χ1v) is 7.80. The maximum atomic E-state index is 12.6. The maximum absolute atomic E-state index is 12.6. The Bertz CT molecular complexity index is 593. The van der Waals surface area contributed by atoms with Crippen LogP contribution >= 0.6 is 0 Å². The SMILES string of the molecule is CCN(CC(=O)NC(C)(C)C)C(=O)c1ccc2c(c1)OCCO2. The molecule has 1 aromatic rings. The van der Waals surface area contributed by atoms with Crippen molar-refractivity contribution in [2.45, 2.75) is 33.2 Å². The molecule has 0 saturated carbocycles. The van der Waals surface area contributed by atoms with E-state index in [9.17, 15) is 9.59 Å². The highest BCUT2D eigenvalue weighted by molar-refractivity contribution is 5.97. The van der Waals surface area contributed by atoms with Crippen LogP contribution in [-0.4, -0.2) is 48.6 Å². The van der Waals surface area contributed by atoms with Crippen LogP contribution in [0, 0.1) is 0 Å². The minimum Gasteiger partial charge on any atom is -0.486 e. The molecule has 1 aliphatic heterocycles. The molecule has 126 valence electrons. The number of ether oxygens (including phenoxy) is 2. The van der Waals surface area contributed by atoms with Gasteiger partial charge in [-0.1, -0.05) is 0 Å². The maximum Gasteiger partial charge on any atom is 0.254 e.